The van der Waals surface area contributed by atoms with Crippen LogP contribution in [-0.4, -0.2) is 41.2 Å². The highest BCUT2D eigenvalue weighted by Gasteiger charge is 2.11. The maximum absolute atomic E-state index is 12.0. The molecule has 2 aromatic rings. The Kier molecular flexibility index (Phi) is 9.07. The molecule has 0 aromatic heterocycles. The zero-order valence-corrected chi connectivity index (χ0v) is 16.8. The van der Waals surface area contributed by atoms with Gasteiger partial charge < -0.3 is 10.1 Å². The molecule has 2 rings (SSSR count). The maximum atomic E-state index is 12.0. The Morgan fingerprint density at radius 2 is 1.89 bits per heavy atom. The molecule has 0 bridgehead atoms. The second kappa shape index (κ2) is 11.6. The smallest absolute Gasteiger partial charge is 0.338 e. The van der Waals surface area contributed by atoms with Crippen LogP contribution in [-0.2, 0) is 26.1 Å². The molecule has 27 heavy (non-hydrogen) atoms. The van der Waals surface area contributed by atoms with Gasteiger partial charge in [-0.1, -0.05) is 30.3 Å². The highest BCUT2D eigenvalue weighted by Crippen LogP contribution is 2.17. The van der Waals surface area contributed by atoms with Crippen molar-refractivity contribution >= 4 is 34.4 Å². The molecule has 0 fully saturated rings. The van der Waals surface area contributed by atoms with E-state index in [0.29, 0.717) is 17.9 Å². The minimum Gasteiger partial charge on any atom is -0.452 e. The quantitative estimate of drug-likeness (QED) is 0.374. The summed E-state index contributed by atoms with van der Waals surface area (Å²) in [7, 11) is -0.985. The number of rotatable bonds is 10. The molecule has 1 unspecified atom stereocenters. The number of thioether (sulfide) groups is 1. The van der Waals surface area contributed by atoms with Gasteiger partial charge in [0, 0.05) is 34.2 Å². The number of esters is 1. The van der Waals surface area contributed by atoms with Crippen LogP contribution in [0, 0.1) is 0 Å². The van der Waals surface area contributed by atoms with Crippen LogP contribution in [0.15, 0.2) is 59.5 Å². The van der Waals surface area contributed by atoms with E-state index in [2.05, 4.69) is 17.4 Å². The van der Waals surface area contributed by atoms with Gasteiger partial charge in [0.1, 0.15) is 0 Å². The summed E-state index contributed by atoms with van der Waals surface area (Å²) in [5.41, 5.74) is 1.15. The van der Waals surface area contributed by atoms with Gasteiger partial charge >= 0.3 is 5.97 Å². The van der Waals surface area contributed by atoms with Gasteiger partial charge in [-0.15, -0.1) is 11.8 Å². The van der Waals surface area contributed by atoms with E-state index in [0.717, 1.165) is 17.7 Å². The van der Waals surface area contributed by atoms with Crippen molar-refractivity contribution in [2.75, 3.05) is 25.2 Å². The van der Waals surface area contributed by atoms with Gasteiger partial charge in [-0.05, 0) is 42.0 Å². The summed E-state index contributed by atoms with van der Waals surface area (Å²) in [6.07, 6.45) is 2.43. The van der Waals surface area contributed by atoms with Gasteiger partial charge in [0.15, 0.2) is 6.61 Å². The van der Waals surface area contributed by atoms with E-state index >= 15 is 0 Å². The molecular formula is C20H23NO4S2. The molecular weight excluding hydrogens is 382 g/mol. The van der Waals surface area contributed by atoms with E-state index < -0.39 is 16.8 Å². The number of hydrogen-bond acceptors (Lipinski definition) is 5. The molecule has 0 heterocycles. The fourth-order valence-corrected chi connectivity index (χ4v) is 3.82. The Hall–Kier alpha value is -2.12. The number of amides is 1. The van der Waals surface area contributed by atoms with Crippen LogP contribution >= 0.6 is 11.8 Å². The Balaban J connectivity index is 1.64. The summed E-state index contributed by atoms with van der Waals surface area (Å²) in [5, 5.41) is 2.74. The van der Waals surface area contributed by atoms with Crippen molar-refractivity contribution in [1.82, 2.24) is 5.32 Å². The van der Waals surface area contributed by atoms with E-state index in [1.54, 1.807) is 42.3 Å². The molecule has 0 aliphatic heterocycles. The number of nitrogens with one attached hydrogen (secondary N) is 1. The highest BCUT2D eigenvalue weighted by molar-refractivity contribution is 7.99. The lowest BCUT2D eigenvalue weighted by Crippen LogP contribution is -2.29. The minimum atomic E-state index is -0.985. The molecule has 1 amide bonds. The Morgan fingerprint density at radius 1 is 1.11 bits per heavy atom. The molecule has 0 spiro atoms. The molecule has 0 aliphatic rings. The van der Waals surface area contributed by atoms with Crippen LogP contribution in [0.2, 0.25) is 0 Å². The minimum absolute atomic E-state index is 0.311. The van der Waals surface area contributed by atoms with Crippen molar-refractivity contribution < 1.29 is 18.5 Å². The van der Waals surface area contributed by atoms with Crippen molar-refractivity contribution in [3.8, 4) is 0 Å². The lowest BCUT2D eigenvalue weighted by molar-refractivity contribution is -0.124. The summed E-state index contributed by atoms with van der Waals surface area (Å²) < 4.78 is 16.3. The Labute approximate surface area is 166 Å². The van der Waals surface area contributed by atoms with E-state index in [4.69, 9.17) is 4.74 Å². The molecule has 1 N–H and O–H groups in total. The normalized spacial score (nSPS) is 11.6. The molecule has 7 heteroatoms. The largest absolute Gasteiger partial charge is 0.452 e. The molecule has 1 atom stereocenters. The second-order valence-corrected chi connectivity index (χ2v) is 8.46. The highest BCUT2D eigenvalue weighted by atomic mass is 32.2. The van der Waals surface area contributed by atoms with Gasteiger partial charge in [0.05, 0.1) is 5.56 Å². The number of carbonyl (C=O) groups is 2. The van der Waals surface area contributed by atoms with Crippen LogP contribution < -0.4 is 5.32 Å². The molecule has 0 saturated carbocycles. The average Bonchev–Trinajstić information content (AvgIpc) is 2.66. The lowest BCUT2D eigenvalue weighted by Gasteiger charge is -2.07. The van der Waals surface area contributed by atoms with Gasteiger partial charge in [0.2, 0.25) is 0 Å². The summed E-state index contributed by atoms with van der Waals surface area (Å²) in [6, 6.07) is 16.8. The first-order chi connectivity index (χ1) is 13.0. The number of benzene rings is 2. The van der Waals surface area contributed by atoms with Crippen LogP contribution in [0.1, 0.15) is 22.3 Å². The van der Waals surface area contributed by atoms with Crippen molar-refractivity contribution in [3.63, 3.8) is 0 Å². The second-order valence-electron chi connectivity index (χ2n) is 5.86. The average molecular weight is 406 g/mol. The SMILES string of the molecule is CS(=O)Cc1cccc(C(=O)OCC(=O)NCCCSc2ccccc2)c1. The van der Waals surface area contributed by atoms with Gasteiger partial charge in [-0.2, -0.15) is 0 Å². The predicted octanol–water partition coefficient (Wildman–Crippen LogP) is 3.02. The Bertz CT molecular complexity index is 781. The van der Waals surface area contributed by atoms with Crippen LogP contribution in [0.3, 0.4) is 0 Å². The summed E-state index contributed by atoms with van der Waals surface area (Å²) >= 11 is 1.73. The van der Waals surface area contributed by atoms with E-state index in [1.165, 1.54) is 4.90 Å². The first-order valence-electron chi connectivity index (χ1n) is 8.55. The van der Waals surface area contributed by atoms with Crippen LogP contribution in [0.4, 0.5) is 0 Å². The first-order valence-corrected chi connectivity index (χ1v) is 11.3. The van der Waals surface area contributed by atoms with Gasteiger partial charge in [-0.25, -0.2) is 4.79 Å². The third kappa shape index (κ3) is 8.41. The zero-order valence-electron chi connectivity index (χ0n) is 15.2. The lowest BCUT2D eigenvalue weighted by atomic mass is 10.1. The molecule has 0 aliphatic carbocycles. The summed E-state index contributed by atoms with van der Waals surface area (Å²) in [5.74, 6) is 0.394. The van der Waals surface area contributed by atoms with Gasteiger partial charge in [-0.3, -0.25) is 9.00 Å². The third-order valence-electron chi connectivity index (χ3n) is 3.52. The van der Waals surface area contributed by atoms with Crippen molar-refractivity contribution in [1.29, 1.82) is 0 Å². The summed E-state index contributed by atoms with van der Waals surface area (Å²) in [4.78, 5) is 25.0. The van der Waals surface area contributed by atoms with Crippen LogP contribution in [0.5, 0.6) is 0 Å². The van der Waals surface area contributed by atoms with Crippen molar-refractivity contribution in [2.45, 2.75) is 17.1 Å². The van der Waals surface area contributed by atoms with Gasteiger partial charge in [0.25, 0.3) is 5.91 Å². The number of carbonyl (C=O) groups excluding carboxylic acids is 2. The topological polar surface area (TPSA) is 72.5 Å². The fraction of sp³-hybridized carbons (Fsp3) is 0.300. The predicted molar refractivity (Wildman–Crippen MR) is 109 cm³/mol. The number of ether oxygens (including phenoxy) is 1. The maximum Gasteiger partial charge on any atom is 0.338 e. The Morgan fingerprint density at radius 3 is 2.63 bits per heavy atom. The standard InChI is InChI=1S/C20H23NO4S2/c1-27(24)15-16-7-5-8-17(13-16)20(23)25-14-19(22)21-11-6-12-26-18-9-3-2-4-10-18/h2-5,7-10,13H,6,11-12,14-15H2,1H3,(H,21,22). The van der Waals surface area contributed by atoms with Crippen LogP contribution in [0.25, 0.3) is 0 Å². The van der Waals surface area contributed by atoms with E-state index in [9.17, 15) is 13.8 Å². The molecule has 0 radical (unpaired) electrons. The number of hydrogen-bond donors (Lipinski definition) is 1. The van der Waals surface area contributed by atoms with E-state index in [-0.39, 0.29) is 12.5 Å². The molecule has 5 nitrogen and oxygen atoms in total. The molecule has 0 saturated heterocycles. The fourth-order valence-electron chi connectivity index (χ4n) is 2.29. The summed E-state index contributed by atoms with van der Waals surface area (Å²) in [6.45, 7) is 0.225. The molecule has 2 aromatic carbocycles. The first kappa shape index (κ1) is 21.2. The molecule has 144 valence electrons. The van der Waals surface area contributed by atoms with Crippen molar-refractivity contribution in [2.24, 2.45) is 0 Å². The third-order valence-corrected chi connectivity index (χ3v) is 5.36. The van der Waals surface area contributed by atoms with E-state index in [1.807, 2.05) is 18.2 Å². The van der Waals surface area contributed by atoms with Crippen molar-refractivity contribution in [3.05, 3.63) is 65.7 Å². The zero-order chi connectivity index (χ0) is 19.5. The monoisotopic (exact) mass is 405 g/mol.